The second-order valence-corrected chi connectivity index (χ2v) is 10.2. The molecule has 0 amide bonds. The van der Waals surface area contributed by atoms with E-state index in [1.54, 1.807) is 43.3 Å². The van der Waals surface area contributed by atoms with E-state index >= 15 is 0 Å². The van der Waals surface area contributed by atoms with Gasteiger partial charge < -0.3 is 18.9 Å². The van der Waals surface area contributed by atoms with Crippen LogP contribution in [0.1, 0.15) is 92.9 Å². The lowest BCUT2D eigenvalue weighted by molar-refractivity contribution is -0.143. The second-order valence-electron chi connectivity index (χ2n) is 10.2. The van der Waals surface area contributed by atoms with E-state index in [1.807, 2.05) is 43.3 Å². The predicted molar refractivity (Wildman–Crippen MR) is 163 cm³/mol. The molecule has 0 aliphatic heterocycles. The zero-order valence-electron chi connectivity index (χ0n) is 24.9. The third-order valence-electron chi connectivity index (χ3n) is 6.74. The molecule has 0 fully saturated rings. The number of hydrogen-bond donors (Lipinski definition) is 0. The molecule has 1 atom stereocenters. The molecule has 0 saturated heterocycles. The van der Waals surface area contributed by atoms with Crippen LogP contribution >= 0.6 is 0 Å². The first-order valence-corrected chi connectivity index (χ1v) is 14.9. The highest BCUT2D eigenvalue weighted by Crippen LogP contribution is 2.25. The van der Waals surface area contributed by atoms with Gasteiger partial charge in [0, 0.05) is 6.42 Å². The first kappa shape index (κ1) is 32.4. The molecule has 0 N–H and O–H groups in total. The van der Waals surface area contributed by atoms with Crippen molar-refractivity contribution in [2.75, 3.05) is 13.2 Å². The maximum atomic E-state index is 12.7. The molecular weight excluding hydrogens is 532 g/mol. The lowest BCUT2D eigenvalue weighted by atomic mass is 10.1. The molecule has 3 rings (SSSR count). The van der Waals surface area contributed by atoms with E-state index in [0.717, 1.165) is 49.0 Å². The molecule has 3 aromatic carbocycles. The Labute approximate surface area is 249 Å². The Morgan fingerprint density at radius 3 is 1.81 bits per heavy atom. The second kappa shape index (κ2) is 17.6. The number of carbonyl (C=O) groups is 3. The summed E-state index contributed by atoms with van der Waals surface area (Å²) >= 11 is 0. The summed E-state index contributed by atoms with van der Waals surface area (Å²) in [5.41, 5.74) is 2.73. The molecule has 1 unspecified atom stereocenters. The Morgan fingerprint density at radius 1 is 0.643 bits per heavy atom. The van der Waals surface area contributed by atoms with Gasteiger partial charge in [0.15, 0.2) is 0 Å². The molecule has 7 heteroatoms. The number of benzene rings is 3. The van der Waals surface area contributed by atoms with E-state index in [4.69, 9.17) is 18.9 Å². The van der Waals surface area contributed by atoms with Gasteiger partial charge in [0.05, 0.1) is 30.4 Å². The maximum Gasteiger partial charge on any atom is 0.343 e. The predicted octanol–water partition coefficient (Wildman–Crippen LogP) is 8.20. The van der Waals surface area contributed by atoms with Crippen molar-refractivity contribution in [3.8, 4) is 22.6 Å². The van der Waals surface area contributed by atoms with Crippen LogP contribution in [-0.4, -0.2) is 37.2 Å². The highest BCUT2D eigenvalue weighted by atomic mass is 16.5. The fraction of sp³-hybridized carbons (Fsp3) is 0.400. The Balaban J connectivity index is 1.44. The van der Waals surface area contributed by atoms with Gasteiger partial charge in [0.2, 0.25) is 0 Å². The highest BCUT2D eigenvalue weighted by molar-refractivity contribution is 5.94. The SMILES string of the molecule is CCCCCCC(C)OC(=O)c1ccc(C(=O)Oc2ccc(-c3ccc(OCCCCOC(=O)CC)cc3)cc2)cc1. The van der Waals surface area contributed by atoms with E-state index in [1.165, 1.54) is 12.8 Å². The molecule has 224 valence electrons. The molecule has 0 aromatic heterocycles. The van der Waals surface area contributed by atoms with Crippen molar-refractivity contribution < 1.29 is 33.3 Å². The standard InChI is InChI=1S/C35H42O7/c1-4-6-7-8-11-26(3)41-34(37)29-12-14-30(15-13-29)35(38)42-32-22-18-28(19-23-32)27-16-20-31(21-17-27)39-24-9-10-25-40-33(36)5-2/h12-23,26H,4-11,24-25H2,1-3H3. The zero-order valence-corrected chi connectivity index (χ0v) is 24.9. The van der Waals surface area contributed by atoms with E-state index in [-0.39, 0.29) is 18.0 Å². The van der Waals surface area contributed by atoms with Gasteiger partial charge in [-0.1, -0.05) is 57.4 Å². The summed E-state index contributed by atoms with van der Waals surface area (Å²) in [6, 6.07) is 21.4. The number of ether oxygens (including phenoxy) is 4. The van der Waals surface area contributed by atoms with Gasteiger partial charge in [-0.3, -0.25) is 4.79 Å². The van der Waals surface area contributed by atoms with Gasteiger partial charge in [-0.25, -0.2) is 9.59 Å². The molecule has 42 heavy (non-hydrogen) atoms. The summed E-state index contributed by atoms with van der Waals surface area (Å²) in [6.45, 7) is 6.82. The van der Waals surface area contributed by atoms with Gasteiger partial charge in [0.25, 0.3) is 0 Å². The lowest BCUT2D eigenvalue weighted by Gasteiger charge is -2.13. The fourth-order valence-corrected chi connectivity index (χ4v) is 4.22. The van der Waals surface area contributed by atoms with E-state index in [9.17, 15) is 14.4 Å². The average Bonchev–Trinajstić information content (AvgIpc) is 3.01. The molecule has 0 bridgehead atoms. The Kier molecular flexibility index (Phi) is 13.6. The molecule has 7 nitrogen and oxygen atoms in total. The van der Waals surface area contributed by atoms with Crippen LogP contribution in [0, 0.1) is 0 Å². The topological polar surface area (TPSA) is 88.1 Å². The molecule has 3 aromatic rings. The van der Waals surface area contributed by atoms with Gasteiger partial charge in [-0.05, 0) is 92.3 Å². The maximum absolute atomic E-state index is 12.7. The number of hydrogen-bond acceptors (Lipinski definition) is 7. The number of rotatable bonds is 17. The molecule has 0 radical (unpaired) electrons. The first-order chi connectivity index (χ1) is 20.4. The smallest absolute Gasteiger partial charge is 0.343 e. The lowest BCUT2D eigenvalue weighted by Crippen LogP contribution is -2.15. The molecule has 0 spiro atoms. The van der Waals surface area contributed by atoms with Gasteiger partial charge in [-0.15, -0.1) is 0 Å². The Bertz CT molecular complexity index is 1250. The van der Waals surface area contributed by atoms with Crippen LogP contribution in [0.15, 0.2) is 72.8 Å². The Morgan fingerprint density at radius 2 is 1.21 bits per heavy atom. The van der Waals surface area contributed by atoms with Crippen LogP contribution in [0.5, 0.6) is 11.5 Å². The van der Waals surface area contributed by atoms with Gasteiger partial charge >= 0.3 is 17.9 Å². The van der Waals surface area contributed by atoms with Crippen molar-refractivity contribution in [3.63, 3.8) is 0 Å². The van der Waals surface area contributed by atoms with Crippen LogP contribution in [0.2, 0.25) is 0 Å². The van der Waals surface area contributed by atoms with Crippen LogP contribution in [0.3, 0.4) is 0 Å². The van der Waals surface area contributed by atoms with E-state index in [0.29, 0.717) is 36.5 Å². The number of esters is 3. The monoisotopic (exact) mass is 574 g/mol. The molecule has 0 saturated carbocycles. The number of unbranched alkanes of at least 4 members (excludes halogenated alkanes) is 4. The minimum Gasteiger partial charge on any atom is -0.494 e. The summed E-state index contributed by atoms with van der Waals surface area (Å²) in [4.78, 5) is 36.2. The van der Waals surface area contributed by atoms with Crippen molar-refractivity contribution >= 4 is 17.9 Å². The van der Waals surface area contributed by atoms with Crippen molar-refractivity contribution in [1.29, 1.82) is 0 Å². The summed E-state index contributed by atoms with van der Waals surface area (Å²) < 4.78 is 21.9. The van der Waals surface area contributed by atoms with Crippen LogP contribution in [-0.2, 0) is 14.3 Å². The largest absolute Gasteiger partial charge is 0.494 e. The minimum atomic E-state index is -0.503. The normalized spacial score (nSPS) is 11.4. The molecule has 0 heterocycles. The van der Waals surface area contributed by atoms with Crippen molar-refractivity contribution in [2.24, 2.45) is 0 Å². The Hall–Kier alpha value is -4.13. The van der Waals surface area contributed by atoms with Crippen LogP contribution in [0.4, 0.5) is 0 Å². The van der Waals surface area contributed by atoms with E-state index < -0.39 is 5.97 Å². The fourth-order valence-electron chi connectivity index (χ4n) is 4.22. The molecular formula is C35H42O7. The minimum absolute atomic E-state index is 0.144. The van der Waals surface area contributed by atoms with Crippen LogP contribution in [0.25, 0.3) is 11.1 Å². The third kappa shape index (κ3) is 11.0. The van der Waals surface area contributed by atoms with Crippen LogP contribution < -0.4 is 9.47 Å². The van der Waals surface area contributed by atoms with Gasteiger partial charge in [0.1, 0.15) is 11.5 Å². The van der Waals surface area contributed by atoms with Gasteiger partial charge in [-0.2, -0.15) is 0 Å². The van der Waals surface area contributed by atoms with Crippen molar-refractivity contribution in [1.82, 2.24) is 0 Å². The summed E-state index contributed by atoms with van der Waals surface area (Å²) in [5, 5.41) is 0. The summed E-state index contributed by atoms with van der Waals surface area (Å²) in [5.74, 6) is 0.123. The van der Waals surface area contributed by atoms with Crippen molar-refractivity contribution in [3.05, 3.63) is 83.9 Å². The first-order valence-electron chi connectivity index (χ1n) is 14.9. The quantitative estimate of drug-likeness (QED) is 0.0912. The third-order valence-corrected chi connectivity index (χ3v) is 6.74. The molecule has 0 aliphatic carbocycles. The summed E-state index contributed by atoms with van der Waals surface area (Å²) in [7, 11) is 0. The van der Waals surface area contributed by atoms with E-state index in [2.05, 4.69) is 6.92 Å². The zero-order chi connectivity index (χ0) is 30.2. The average molecular weight is 575 g/mol. The number of carbonyl (C=O) groups excluding carboxylic acids is 3. The highest BCUT2D eigenvalue weighted by Gasteiger charge is 2.14. The molecule has 0 aliphatic rings. The summed E-state index contributed by atoms with van der Waals surface area (Å²) in [6.07, 6.45) is 7.20. The van der Waals surface area contributed by atoms with Crippen molar-refractivity contribution in [2.45, 2.75) is 78.2 Å².